The number of nitrogens with one attached hydrogen (secondary N) is 1. The summed E-state index contributed by atoms with van der Waals surface area (Å²) in [5, 5.41) is 2.99. The minimum atomic E-state index is -0.588. The third kappa shape index (κ3) is 5.19. The molecule has 3 aromatic rings. The number of hydrogen-bond acceptors (Lipinski definition) is 5. The summed E-state index contributed by atoms with van der Waals surface area (Å²) in [5.74, 6) is 0.255. The highest BCUT2D eigenvalue weighted by Crippen LogP contribution is 2.28. The highest BCUT2D eigenvalue weighted by Gasteiger charge is 2.35. The van der Waals surface area contributed by atoms with E-state index >= 15 is 0 Å². The summed E-state index contributed by atoms with van der Waals surface area (Å²) in [4.78, 5) is 32.2. The predicted octanol–water partition coefficient (Wildman–Crippen LogP) is 4.94. The predicted molar refractivity (Wildman–Crippen MR) is 133 cm³/mol. The molecule has 0 saturated carbocycles. The van der Waals surface area contributed by atoms with E-state index in [1.54, 1.807) is 0 Å². The van der Waals surface area contributed by atoms with Gasteiger partial charge in [-0.3, -0.25) is 9.69 Å². The number of carbonyl (C=O) groups is 2. The van der Waals surface area contributed by atoms with Crippen molar-refractivity contribution in [3.8, 4) is 0 Å². The Morgan fingerprint density at radius 1 is 0.971 bits per heavy atom. The Labute approximate surface area is 204 Å². The maximum Gasteiger partial charge on any atom is 0.410 e. The molecule has 178 valence electrons. The van der Waals surface area contributed by atoms with Gasteiger partial charge < -0.3 is 14.8 Å². The summed E-state index contributed by atoms with van der Waals surface area (Å²) in [6.45, 7) is 1.11. The van der Waals surface area contributed by atoms with Crippen molar-refractivity contribution < 1.29 is 19.1 Å². The summed E-state index contributed by atoms with van der Waals surface area (Å²) in [6, 6.07) is 26.2. The van der Waals surface area contributed by atoms with Crippen molar-refractivity contribution in [2.24, 2.45) is 4.99 Å². The Morgan fingerprint density at radius 2 is 1.69 bits per heavy atom. The number of amides is 2. The lowest BCUT2D eigenvalue weighted by Crippen LogP contribution is -2.43. The molecular weight excluding hydrogens is 442 g/mol. The van der Waals surface area contributed by atoms with Crippen LogP contribution in [0.15, 0.2) is 89.9 Å². The first-order valence-corrected chi connectivity index (χ1v) is 11.8. The summed E-state index contributed by atoms with van der Waals surface area (Å²) < 4.78 is 11.4. The van der Waals surface area contributed by atoms with Crippen LogP contribution in [0, 0.1) is 0 Å². The zero-order valence-corrected chi connectivity index (χ0v) is 19.3. The largest absolute Gasteiger partial charge is 0.475 e. The second-order valence-electron chi connectivity index (χ2n) is 8.60. The van der Waals surface area contributed by atoms with E-state index in [0.29, 0.717) is 31.2 Å². The number of likely N-dealkylation sites (tertiary alicyclic amines) is 1. The number of ether oxygens (including phenoxy) is 2. The molecule has 2 atom stereocenters. The molecule has 1 saturated heterocycles. The average Bonchev–Trinajstić information content (AvgIpc) is 3.59. The van der Waals surface area contributed by atoms with E-state index in [1.165, 1.54) is 4.90 Å². The van der Waals surface area contributed by atoms with Crippen molar-refractivity contribution in [1.82, 2.24) is 4.90 Å². The van der Waals surface area contributed by atoms with Crippen molar-refractivity contribution in [2.75, 3.05) is 18.5 Å². The first-order valence-electron chi connectivity index (χ1n) is 11.8. The van der Waals surface area contributed by atoms with Crippen LogP contribution in [-0.4, -0.2) is 42.0 Å². The SMILES string of the molecule is O=C(Nc1ccccc1C1=N[C@@H](c2ccccc2)CO1)[C@@H]1CCCN1C(=O)OCc1ccccc1. The third-order valence-corrected chi connectivity index (χ3v) is 6.25. The molecule has 7 heteroatoms. The number of rotatable bonds is 6. The number of nitrogens with zero attached hydrogens (tertiary/aromatic N) is 2. The summed E-state index contributed by atoms with van der Waals surface area (Å²) >= 11 is 0. The van der Waals surface area contributed by atoms with Gasteiger partial charge in [0, 0.05) is 6.54 Å². The minimum absolute atomic E-state index is 0.0836. The van der Waals surface area contributed by atoms with Crippen LogP contribution in [0.4, 0.5) is 10.5 Å². The Bertz CT molecular complexity index is 1210. The van der Waals surface area contributed by atoms with Gasteiger partial charge >= 0.3 is 6.09 Å². The maximum atomic E-state index is 13.2. The molecule has 3 aromatic carbocycles. The quantitative estimate of drug-likeness (QED) is 0.554. The Balaban J connectivity index is 1.26. The van der Waals surface area contributed by atoms with Crippen LogP contribution in [-0.2, 0) is 20.9 Å². The molecule has 35 heavy (non-hydrogen) atoms. The van der Waals surface area contributed by atoms with Crippen LogP contribution in [0.5, 0.6) is 0 Å². The molecule has 5 rings (SSSR count). The minimum Gasteiger partial charge on any atom is -0.475 e. The fourth-order valence-electron chi connectivity index (χ4n) is 4.42. The third-order valence-electron chi connectivity index (χ3n) is 6.25. The number of para-hydroxylation sites is 1. The summed E-state index contributed by atoms with van der Waals surface area (Å²) in [7, 11) is 0. The van der Waals surface area contributed by atoms with E-state index in [-0.39, 0.29) is 18.6 Å². The zero-order chi connectivity index (χ0) is 24.0. The van der Waals surface area contributed by atoms with Gasteiger partial charge in [0.2, 0.25) is 11.8 Å². The highest BCUT2D eigenvalue weighted by atomic mass is 16.6. The topological polar surface area (TPSA) is 80.2 Å². The second-order valence-corrected chi connectivity index (χ2v) is 8.60. The van der Waals surface area contributed by atoms with E-state index in [9.17, 15) is 9.59 Å². The van der Waals surface area contributed by atoms with Crippen LogP contribution >= 0.6 is 0 Å². The molecule has 0 bridgehead atoms. The van der Waals surface area contributed by atoms with Gasteiger partial charge in [-0.05, 0) is 36.1 Å². The molecule has 0 spiro atoms. The number of benzene rings is 3. The molecule has 2 amide bonds. The van der Waals surface area contributed by atoms with Gasteiger partial charge in [0.05, 0.1) is 11.3 Å². The monoisotopic (exact) mass is 469 g/mol. The Morgan fingerprint density at radius 3 is 2.49 bits per heavy atom. The van der Waals surface area contributed by atoms with Crippen molar-refractivity contribution >= 4 is 23.6 Å². The van der Waals surface area contributed by atoms with E-state index in [0.717, 1.165) is 23.1 Å². The van der Waals surface area contributed by atoms with Gasteiger partial charge in [-0.15, -0.1) is 0 Å². The molecule has 7 nitrogen and oxygen atoms in total. The zero-order valence-electron chi connectivity index (χ0n) is 19.3. The normalized spacial score (nSPS) is 19.1. The molecule has 0 aromatic heterocycles. The summed E-state index contributed by atoms with van der Waals surface area (Å²) in [5.41, 5.74) is 3.31. The number of hydrogen-bond donors (Lipinski definition) is 1. The van der Waals surface area contributed by atoms with Crippen LogP contribution in [0.3, 0.4) is 0 Å². The maximum absolute atomic E-state index is 13.2. The first kappa shape index (κ1) is 22.7. The molecule has 1 N–H and O–H groups in total. The van der Waals surface area contributed by atoms with E-state index in [4.69, 9.17) is 14.5 Å². The molecule has 1 fully saturated rings. The average molecular weight is 470 g/mol. The fraction of sp³-hybridized carbons (Fsp3) is 0.250. The number of aliphatic imine (C=N–C) groups is 1. The van der Waals surface area contributed by atoms with Crippen molar-refractivity contribution in [3.05, 3.63) is 102 Å². The lowest BCUT2D eigenvalue weighted by atomic mass is 10.1. The van der Waals surface area contributed by atoms with Crippen LogP contribution in [0.2, 0.25) is 0 Å². The van der Waals surface area contributed by atoms with Crippen molar-refractivity contribution in [1.29, 1.82) is 0 Å². The molecule has 0 radical (unpaired) electrons. The van der Waals surface area contributed by atoms with E-state index in [2.05, 4.69) is 5.32 Å². The van der Waals surface area contributed by atoms with Gasteiger partial charge in [0.25, 0.3) is 0 Å². The first-order chi connectivity index (χ1) is 17.2. The van der Waals surface area contributed by atoms with Gasteiger partial charge in [-0.1, -0.05) is 72.8 Å². The smallest absolute Gasteiger partial charge is 0.410 e. The molecule has 0 aliphatic carbocycles. The summed E-state index contributed by atoms with van der Waals surface area (Å²) in [6.07, 6.45) is 0.852. The number of anilines is 1. The second kappa shape index (κ2) is 10.4. The van der Waals surface area contributed by atoms with Crippen molar-refractivity contribution in [2.45, 2.75) is 31.5 Å². The van der Waals surface area contributed by atoms with Crippen LogP contribution < -0.4 is 5.32 Å². The Kier molecular flexibility index (Phi) is 6.75. The van der Waals surface area contributed by atoms with E-state index < -0.39 is 12.1 Å². The van der Waals surface area contributed by atoms with E-state index in [1.807, 2.05) is 84.9 Å². The van der Waals surface area contributed by atoms with Crippen molar-refractivity contribution in [3.63, 3.8) is 0 Å². The Hall–Kier alpha value is -4.13. The van der Waals surface area contributed by atoms with Gasteiger partial charge in [0.15, 0.2) is 0 Å². The lowest BCUT2D eigenvalue weighted by molar-refractivity contribution is -0.120. The number of carbonyl (C=O) groups excluding carboxylic acids is 2. The van der Waals surface area contributed by atoms with Gasteiger partial charge in [-0.25, -0.2) is 9.79 Å². The van der Waals surface area contributed by atoms with Gasteiger partial charge in [0.1, 0.15) is 25.3 Å². The van der Waals surface area contributed by atoms with Crippen LogP contribution in [0.25, 0.3) is 0 Å². The molecule has 0 unspecified atom stereocenters. The molecule has 2 aliphatic heterocycles. The van der Waals surface area contributed by atoms with Gasteiger partial charge in [-0.2, -0.15) is 0 Å². The molecule has 2 heterocycles. The van der Waals surface area contributed by atoms with Crippen LogP contribution in [0.1, 0.15) is 35.6 Å². The lowest BCUT2D eigenvalue weighted by Gasteiger charge is -2.23. The molecular formula is C28H27N3O4. The standard InChI is InChI=1S/C28H27N3O4/c32-26(25-16-9-17-31(25)28(33)35-18-20-10-3-1-4-11-20)29-23-15-8-7-14-22(23)27-30-24(19-34-27)21-12-5-2-6-13-21/h1-8,10-15,24-25H,9,16-19H2,(H,29,32)/t24-,25+/m1/s1. The highest BCUT2D eigenvalue weighted by molar-refractivity contribution is 6.05. The molecule has 2 aliphatic rings. The fourth-order valence-corrected chi connectivity index (χ4v) is 4.42.